The minimum absolute atomic E-state index is 0.261. The zero-order chi connectivity index (χ0) is 15.1. The fourth-order valence-corrected chi connectivity index (χ4v) is 2.73. The lowest BCUT2D eigenvalue weighted by atomic mass is 9.86. The molecular formula is C17H28N2O2. The van der Waals surface area contributed by atoms with Crippen molar-refractivity contribution in [1.82, 2.24) is 0 Å². The molecule has 4 heteroatoms. The fraction of sp³-hybridized carbons (Fsp3) is 0.647. The first kappa shape index (κ1) is 16.0. The summed E-state index contributed by atoms with van der Waals surface area (Å²) >= 11 is 0. The summed E-state index contributed by atoms with van der Waals surface area (Å²) in [6.45, 7) is 3.73. The summed E-state index contributed by atoms with van der Waals surface area (Å²) in [4.78, 5) is 0. The van der Waals surface area contributed by atoms with E-state index in [2.05, 4.69) is 12.2 Å². The molecule has 0 bridgehead atoms. The van der Waals surface area contributed by atoms with Crippen molar-refractivity contribution >= 4 is 5.69 Å². The third-order valence-electron chi connectivity index (χ3n) is 4.21. The summed E-state index contributed by atoms with van der Waals surface area (Å²) < 4.78 is 5.59. The molecule has 2 rings (SSSR count). The predicted octanol–water partition coefficient (Wildman–Crippen LogP) is 3.50. The molecule has 0 aliphatic heterocycles. The van der Waals surface area contributed by atoms with E-state index in [4.69, 9.17) is 10.5 Å². The maximum atomic E-state index is 10.1. The molecule has 0 amide bonds. The second-order valence-corrected chi connectivity index (χ2v) is 6.04. The van der Waals surface area contributed by atoms with Crippen molar-refractivity contribution < 1.29 is 9.84 Å². The van der Waals surface area contributed by atoms with Gasteiger partial charge in [-0.15, -0.1) is 0 Å². The number of nitrogens with two attached hydrogens (primary N) is 1. The van der Waals surface area contributed by atoms with Gasteiger partial charge in [0.25, 0.3) is 0 Å². The van der Waals surface area contributed by atoms with Crippen molar-refractivity contribution in [3.63, 3.8) is 0 Å². The molecule has 1 aromatic carbocycles. The van der Waals surface area contributed by atoms with Gasteiger partial charge in [-0.2, -0.15) is 0 Å². The lowest BCUT2D eigenvalue weighted by Crippen LogP contribution is -2.29. The Balaban J connectivity index is 1.80. The Bertz CT molecular complexity index is 429. The van der Waals surface area contributed by atoms with Gasteiger partial charge in [-0.05, 0) is 50.2 Å². The van der Waals surface area contributed by atoms with Crippen LogP contribution < -0.4 is 15.8 Å². The van der Waals surface area contributed by atoms with Gasteiger partial charge < -0.3 is 20.9 Å². The van der Waals surface area contributed by atoms with E-state index in [0.29, 0.717) is 18.6 Å². The van der Waals surface area contributed by atoms with Crippen LogP contribution in [0.5, 0.6) is 11.5 Å². The van der Waals surface area contributed by atoms with Crippen molar-refractivity contribution in [3.8, 4) is 11.5 Å². The third kappa shape index (κ3) is 5.12. The van der Waals surface area contributed by atoms with Crippen molar-refractivity contribution in [2.75, 3.05) is 18.5 Å². The Morgan fingerprint density at radius 1 is 1.29 bits per heavy atom. The first-order valence-electron chi connectivity index (χ1n) is 8.14. The van der Waals surface area contributed by atoms with Crippen LogP contribution in [0.2, 0.25) is 0 Å². The van der Waals surface area contributed by atoms with E-state index in [0.717, 1.165) is 43.7 Å². The van der Waals surface area contributed by atoms with Gasteiger partial charge in [-0.1, -0.05) is 13.3 Å². The average molecular weight is 292 g/mol. The number of hydrogen-bond donors (Lipinski definition) is 3. The molecule has 0 aromatic heterocycles. The number of anilines is 1. The van der Waals surface area contributed by atoms with Gasteiger partial charge in [0.1, 0.15) is 11.5 Å². The highest BCUT2D eigenvalue weighted by molar-refractivity contribution is 5.58. The lowest BCUT2D eigenvalue weighted by molar-refractivity contribution is 0.307. The van der Waals surface area contributed by atoms with Crippen LogP contribution in [0.25, 0.3) is 0 Å². The van der Waals surface area contributed by atoms with E-state index in [-0.39, 0.29) is 5.75 Å². The van der Waals surface area contributed by atoms with Crippen LogP contribution in [0.15, 0.2) is 18.2 Å². The molecule has 0 radical (unpaired) electrons. The molecule has 118 valence electrons. The number of hydrogen-bond acceptors (Lipinski definition) is 4. The summed E-state index contributed by atoms with van der Waals surface area (Å²) in [5, 5.41) is 13.4. The number of nitrogens with one attached hydrogen (secondary N) is 1. The SMILES string of the molecule is CCCCOc1ccc(NCC2CCC(N)CC2)c(O)c1. The van der Waals surface area contributed by atoms with Crippen molar-refractivity contribution in [2.45, 2.75) is 51.5 Å². The Kier molecular flexibility index (Phi) is 6.18. The zero-order valence-electron chi connectivity index (χ0n) is 13.0. The standard InChI is InChI=1S/C17H28N2O2/c1-2-3-10-21-15-8-9-16(17(20)11-15)19-12-13-4-6-14(18)7-5-13/h8-9,11,13-14,19-20H,2-7,10,12,18H2,1H3. The molecule has 0 heterocycles. The molecule has 4 N–H and O–H groups in total. The zero-order valence-corrected chi connectivity index (χ0v) is 13.0. The molecule has 0 unspecified atom stereocenters. The number of benzene rings is 1. The highest BCUT2D eigenvalue weighted by atomic mass is 16.5. The molecule has 4 nitrogen and oxygen atoms in total. The summed E-state index contributed by atoms with van der Waals surface area (Å²) in [6.07, 6.45) is 6.71. The van der Waals surface area contributed by atoms with Crippen molar-refractivity contribution in [3.05, 3.63) is 18.2 Å². The van der Waals surface area contributed by atoms with Gasteiger partial charge in [0.05, 0.1) is 12.3 Å². The predicted molar refractivity (Wildman–Crippen MR) is 86.9 cm³/mol. The Hall–Kier alpha value is -1.42. The topological polar surface area (TPSA) is 67.5 Å². The van der Waals surface area contributed by atoms with Crippen LogP contribution in [0.4, 0.5) is 5.69 Å². The lowest BCUT2D eigenvalue weighted by Gasteiger charge is -2.26. The molecule has 0 atom stereocenters. The van der Waals surface area contributed by atoms with Gasteiger partial charge in [0.2, 0.25) is 0 Å². The normalized spacial score (nSPS) is 22.0. The van der Waals surface area contributed by atoms with Gasteiger partial charge in [0, 0.05) is 18.7 Å². The quantitative estimate of drug-likeness (QED) is 0.531. The molecule has 1 aliphatic rings. The number of phenolic OH excluding ortho intramolecular Hbond substituents is 1. The fourth-order valence-electron chi connectivity index (χ4n) is 2.73. The van der Waals surface area contributed by atoms with Crippen molar-refractivity contribution in [1.29, 1.82) is 0 Å². The number of unbranched alkanes of at least 4 members (excludes halogenated alkanes) is 1. The van der Waals surface area contributed by atoms with Gasteiger partial charge in [0.15, 0.2) is 0 Å². The van der Waals surface area contributed by atoms with Gasteiger partial charge >= 0.3 is 0 Å². The number of aromatic hydroxyl groups is 1. The minimum atomic E-state index is 0.261. The Morgan fingerprint density at radius 2 is 2.05 bits per heavy atom. The largest absolute Gasteiger partial charge is 0.506 e. The maximum absolute atomic E-state index is 10.1. The van der Waals surface area contributed by atoms with Crippen LogP contribution >= 0.6 is 0 Å². The summed E-state index contributed by atoms with van der Waals surface area (Å²) in [6, 6.07) is 5.88. The number of rotatable bonds is 7. The van der Waals surface area contributed by atoms with E-state index in [1.807, 2.05) is 12.1 Å². The smallest absolute Gasteiger partial charge is 0.142 e. The molecule has 1 aliphatic carbocycles. The van der Waals surface area contributed by atoms with Crippen LogP contribution in [-0.4, -0.2) is 24.3 Å². The van der Waals surface area contributed by atoms with Crippen LogP contribution in [0, 0.1) is 5.92 Å². The minimum Gasteiger partial charge on any atom is -0.506 e. The molecule has 1 aromatic rings. The van der Waals surface area contributed by atoms with E-state index in [1.54, 1.807) is 6.07 Å². The highest BCUT2D eigenvalue weighted by Gasteiger charge is 2.18. The number of ether oxygens (including phenoxy) is 1. The molecule has 0 saturated heterocycles. The molecule has 21 heavy (non-hydrogen) atoms. The Morgan fingerprint density at radius 3 is 2.71 bits per heavy atom. The van der Waals surface area contributed by atoms with E-state index in [1.165, 1.54) is 12.8 Å². The van der Waals surface area contributed by atoms with Crippen molar-refractivity contribution in [2.24, 2.45) is 11.7 Å². The average Bonchev–Trinajstić information content (AvgIpc) is 2.48. The molecule has 0 spiro atoms. The monoisotopic (exact) mass is 292 g/mol. The van der Waals surface area contributed by atoms with E-state index in [9.17, 15) is 5.11 Å². The Labute approximate surface area is 127 Å². The van der Waals surface area contributed by atoms with Gasteiger partial charge in [-0.25, -0.2) is 0 Å². The first-order chi connectivity index (χ1) is 10.2. The third-order valence-corrected chi connectivity index (χ3v) is 4.21. The van der Waals surface area contributed by atoms with Gasteiger partial charge in [-0.3, -0.25) is 0 Å². The van der Waals surface area contributed by atoms with Crippen LogP contribution in [-0.2, 0) is 0 Å². The second kappa shape index (κ2) is 8.13. The summed E-state index contributed by atoms with van der Waals surface area (Å²) in [5.74, 6) is 1.65. The maximum Gasteiger partial charge on any atom is 0.142 e. The van der Waals surface area contributed by atoms with Crippen LogP contribution in [0.1, 0.15) is 45.4 Å². The highest BCUT2D eigenvalue weighted by Crippen LogP contribution is 2.30. The molecular weight excluding hydrogens is 264 g/mol. The van der Waals surface area contributed by atoms with E-state index >= 15 is 0 Å². The summed E-state index contributed by atoms with van der Waals surface area (Å²) in [5.41, 5.74) is 6.71. The molecule has 1 fully saturated rings. The van der Waals surface area contributed by atoms with E-state index < -0.39 is 0 Å². The molecule has 1 saturated carbocycles. The second-order valence-electron chi connectivity index (χ2n) is 6.04. The summed E-state index contributed by atoms with van der Waals surface area (Å²) in [7, 11) is 0. The van der Waals surface area contributed by atoms with Crippen LogP contribution in [0.3, 0.4) is 0 Å². The first-order valence-corrected chi connectivity index (χ1v) is 8.14. The number of phenols is 1.